The Morgan fingerprint density at radius 2 is 1.81 bits per heavy atom. The molecular weight excluding hydrogens is 487 g/mol. The van der Waals surface area contributed by atoms with E-state index < -0.39 is 60.2 Å². The summed E-state index contributed by atoms with van der Waals surface area (Å²) in [7, 11) is 0. The Hall–Kier alpha value is -3.10. The fourth-order valence-corrected chi connectivity index (χ4v) is 5.38. The fraction of sp³-hybridized carbons (Fsp3) is 0.625. The minimum absolute atomic E-state index is 0.324. The lowest BCUT2D eigenvalue weighted by Crippen LogP contribution is -2.45. The number of likely N-dealkylation sites (tertiary alicyclic amines) is 1. The second kappa shape index (κ2) is 9.09. The number of primary amides is 1. The molecule has 1 aromatic carbocycles. The fourth-order valence-electron chi connectivity index (χ4n) is 5.38. The number of rotatable bonds is 8. The number of nitrogens with two attached hydrogens (primary N) is 1. The average Bonchev–Trinajstić information content (AvgIpc) is 3.70. The van der Waals surface area contributed by atoms with Crippen molar-refractivity contribution in [3.8, 4) is 11.8 Å². The van der Waals surface area contributed by atoms with Gasteiger partial charge in [0, 0.05) is 37.4 Å². The Kier molecular flexibility index (Phi) is 6.56. The number of hydrogen-bond acceptors (Lipinski definition) is 4. The summed E-state index contributed by atoms with van der Waals surface area (Å²) < 4.78 is 72.8. The Balaban J connectivity index is 1.51. The van der Waals surface area contributed by atoms with Gasteiger partial charge in [-0.3, -0.25) is 4.79 Å². The summed E-state index contributed by atoms with van der Waals surface area (Å²) >= 11 is 0. The van der Waals surface area contributed by atoms with Gasteiger partial charge >= 0.3 is 12.4 Å². The van der Waals surface area contributed by atoms with E-state index in [1.807, 2.05) is 6.07 Å². The van der Waals surface area contributed by atoms with E-state index in [1.165, 1.54) is 17.0 Å². The van der Waals surface area contributed by atoms with Crippen LogP contribution >= 0.6 is 0 Å². The zero-order valence-corrected chi connectivity index (χ0v) is 19.4. The first kappa shape index (κ1) is 26.0. The van der Waals surface area contributed by atoms with Gasteiger partial charge in [0.2, 0.25) is 5.91 Å². The largest absolute Gasteiger partial charge is 0.573 e. The third-order valence-electron chi connectivity index (χ3n) is 7.64. The maximum absolute atomic E-state index is 15.3. The molecule has 7 nitrogen and oxygen atoms in total. The molecule has 1 heterocycles. The lowest BCUT2D eigenvalue weighted by Gasteiger charge is -2.33. The molecule has 2 saturated carbocycles. The number of benzene rings is 1. The van der Waals surface area contributed by atoms with Gasteiger partial charge in [0.05, 0.1) is 6.07 Å². The van der Waals surface area contributed by atoms with Crippen LogP contribution in [-0.4, -0.2) is 47.8 Å². The number of nitrogens with one attached hydrogen (secondary N) is 1. The van der Waals surface area contributed by atoms with Crippen molar-refractivity contribution in [1.82, 2.24) is 10.2 Å². The summed E-state index contributed by atoms with van der Waals surface area (Å²) in [5, 5.41) is 12.0. The van der Waals surface area contributed by atoms with Crippen molar-refractivity contribution in [2.24, 2.45) is 23.0 Å². The number of urea groups is 1. The summed E-state index contributed by atoms with van der Waals surface area (Å²) in [6.07, 6.45) is -4.55. The molecule has 1 saturated heterocycles. The number of piperidine rings is 1. The molecule has 2 atom stereocenters. The molecule has 1 aromatic rings. The minimum Gasteiger partial charge on any atom is -0.405 e. The van der Waals surface area contributed by atoms with Gasteiger partial charge in [-0.15, -0.1) is 13.2 Å². The highest BCUT2D eigenvalue weighted by atomic mass is 19.4. The molecule has 0 radical (unpaired) electrons. The van der Waals surface area contributed by atoms with Gasteiger partial charge in [-0.05, 0) is 49.5 Å². The summed E-state index contributed by atoms with van der Waals surface area (Å²) in [6.45, 7) is 0.724. The van der Waals surface area contributed by atoms with Crippen molar-refractivity contribution in [2.75, 3.05) is 13.1 Å². The smallest absolute Gasteiger partial charge is 0.405 e. The van der Waals surface area contributed by atoms with Gasteiger partial charge in [0.25, 0.3) is 5.92 Å². The Morgan fingerprint density at radius 3 is 2.36 bits per heavy atom. The highest BCUT2D eigenvalue weighted by Crippen LogP contribution is 2.64. The normalized spacial score (nSPS) is 22.9. The molecule has 3 N–H and O–H groups in total. The molecule has 3 aliphatic rings. The number of carbonyl (C=O) groups is 2. The summed E-state index contributed by atoms with van der Waals surface area (Å²) in [5.41, 5.74) is 3.58. The standard InChI is InChI=1S/C24H27F5N4O3/c25-23(26,11-15-3-1-2-4-18(15)36-24(27,28)29)12-16(19(34)32-22(14-30)5-6-22)17-13-21(17)7-9-33(10-8-21)20(31)35/h1-4,16-17H,5-13H2,(H2,31,35)(H,32,34)/t16-,17?/m0/s1. The number of nitriles is 1. The van der Waals surface area contributed by atoms with Crippen LogP contribution in [0.2, 0.25) is 0 Å². The van der Waals surface area contributed by atoms with Gasteiger partial charge in [-0.1, -0.05) is 18.2 Å². The van der Waals surface area contributed by atoms with Crippen molar-refractivity contribution in [2.45, 2.75) is 62.8 Å². The summed E-state index contributed by atoms with van der Waals surface area (Å²) in [6, 6.07) is 6.15. The maximum atomic E-state index is 15.3. The number of hydrogen-bond donors (Lipinski definition) is 2. The SMILES string of the molecule is N#CC1(NC(=O)[C@@H](CC(F)(F)Cc2ccccc2OC(F)(F)F)C2CC23CCN(C(N)=O)CC3)CC1. The predicted molar refractivity (Wildman–Crippen MR) is 117 cm³/mol. The molecule has 196 valence electrons. The summed E-state index contributed by atoms with van der Waals surface area (Å²) in [5.74, 6) is -6.41. The van der Waals surface area contributed by atoms with Gasteiger partial charge in [-0.2, -0.15) is 5.26 Å². The third kappa shape index (κ3) is 5.82. The number of para-hydroxylation sites is 1. The third-order valence-corrected chi connectivity index (χ3v) is 7.64. The van der Waals surface area contributed by atoms with Crippen LogP contribution in [0, 0.1) is 28.6 Å². The van der Waals surface area contributed by atoms with Crippen molar-refractivity contribution >= 4 is 11.9 Å². The molecule has 1 unspecified atom stereocenters. The molecule has 12 heteroatoms. The van der Waals surface area contributed by atoms with Crippen LogP contribution in [0.1, 0.15) is 44.1 Å². The first-order chi connectivity index (χ1) is 16.8. The van der Waals surface area contributed by atoms with Gasteiger partial charge in [0.1, 0.15) is 11.3 Å². The Morgan fingerprint density at radius 1 is 1.17 bits per heavy atom. The topological polar surface area (TPSA) is 108 Å². The first-order valence-corrected chi connectivity index (χ1v) is 11.8. The second-order valence-electron chi connectivity index (χ2n) is 10.2. The zero-order valence-electron chi connectivity index (χ0n) is 19.4. The van der Waals surface area contributed by atoms with Crippen LogP contribution in [-0.2, 0) is 11.2 Å². The molecule has 1 spiro atoms. The average molecular weight is 514 g/mol. The van der Waals surface area contributed by atoms with E-state index in [9.17, 15) is 28.0 Å². The van der Waals surface area contributed by atoms with E-state index in [0.717, 1.165) is 12.1 Å². The number of amides is 3. The van der Waals surface area contributed by atoms with Crippen molar-refractivity contribution < 1.29 is 36.3 Å². The van der Waals surface area contributed by atoms with E-state index in [4.69, 9.17) is 5.73 Å². The van der Waals surface area contributed by atoms with Crippen molar-refractivity contribution in [3.05, 3.63) is 29.8 Å². The molecule has 3 fully saturated rings. The quantitative estimate of drug-likeness (QED) is 0.509. The maximum Gasteiger partial charge on any atom is 0.573 e. The van der Waals surface area contributed by atoms with E-state index in [2.05, 4.69) is 10.1 Å². The highest BCUT2D eigenvalue weighted by molar-refractivity contribution is 5.81. The number of alkyl halides is 5. The van der Waals surface area contributed by atoms with Crippen LogP contribution in [0.15, 0.2) is 24.3 Å². The molecule has 0 bridgehead atoms. The first-order valence-electron chi connectivity index (χ1n) is 11.8. The van der Waals surface area contributed by atoms with Crippen molar-refractivity contribution in [1.29, 1.82) is 5.26 Å². The monoisotopic (exact) mass is 514 g/mol. The Labute approximate surface area is 204 Å². The number of carbonyl (C=O) groups excluding carboxylic acids is 2. The van der Waals surface area contributed by atoms with Crippen LogP contribution in [0.25, 0.3) is 0 Å². The number of halogens is 5. The van der Waals surface area contributed by atoms with Gasteiger partial charge < -0.3 is 20.7 Å². The molecular formula is C24H27F5N4O3. The highest BCUT2D eigenvalue weighted by Gasteiger charge is 2.61. The Bertz CT molecular complexity index is 1060. The molecule has 0 aromatic heterocycles. The number of ether oxygens (including phenoxy) is 1. The minimum atomic E-state index is -5.04. The van der Waals surface area contributed by atoms with E-state index in [0.29, 0.717) is 45.2 Å². The number of nitrogens with zero attached hydrogens (tertiary/aromatic N) is 2. The zero-order chi connectivity index (χ0) is 26.4. The molecule has 36 heavy (non-hydrogen) atoms. The molecule has 1 aliphatic heterocycles. The van der Waals surface area contributed by atoms with E-state index in [1.54, 1.807) is 0 Å². The van der Waals surface area contributed by atoms with Gasteiger partial charge in [-0.25, -0.2) is 13.6 Å². The molecule has 3 amide bonds. The van der Waals surface area contributed by atoms with E-state index in [-0.39, 0.29) is 11.0 Å². The summed E-state index contributed by atoms with van der Waals surface area (Å²) in [4.78, 5) is 26.1. The molecule has 4 rings (SSSR count). The predicted octanol–water partition coefficient (Wildman–Crippen LogP) is 4.12. The van der Waals surface area contributed by atoms with Crippen molar-refractivity contribution in [3.63, 3.8) is 0 Å². The molecule has 2 aliphatic carbocycles. The second-order valence-corrected chi connectivity index (χ2v) is 10.2. The van der Waals surface area contributed by atoms with Crippen LogP contribution in [0.4, 0.5) is 26.7 Å². The van der Waals surface area contributed by atoms with E-state index >= 15 is 8.78 Å². The lowest BCUT2D eigenvalue weighted by molar-refractivity contribution is -0.275. The van der Waals surface area contributed by atoms with Crippen LogP contribution in [0.3, 0.4) is 0 Å². The van der Waals surface area contributed by atoms with Gasteiger partial charge in [0.15, 0.2) is 0 Å². The van der Waals surface area contributed by atoms with Crippen LogP contribution in [0.5, 0.6) is 5.75 Å². The van der Waals surface area contributed by atoms with Crippen LogP contribution < -0.4 is 15.8 Å². The lowest BCUT2D eigenvalue weighted by atomic mass is 9.83.